The molecule has 0 aliphatic heterocycles. The smallest absolute Gasteiger partial charge is 0.185 e. The van der Waals surface area contributed by atoms with Crippen LogP contribution in [0.2, 0.25) is 0 Å². The van der Waals surface area contributed by atoms with Crippen LogP contribution in [0.5, 0.6) is 0 Å². The molecule has 0 fully saturated rings. The quantitative estimate of drug-likeness (QED) is 0.938. The number of rotatable bonds is 4. The number of fused-ring (bicyclic) bond motifs is 1. The lowest BCUT2D eigenvalue weighted by Crippen LogP contribution is -2.19. The standard InChI is InChI=1S/C15H21N3OS/c1-10-7-8-11(19-10)9-18(3)15-17-13-6-4-5-12(16-2)14(13)20-15/h7-8,12,16H,4-6,9H2,1-3H3. The van der Waals surface area contributed by atoms with Gasteiger partial charge in [0, 0.05) is 18.0 Å². The molecule has 0 bridgehead atoms. The van der Waals surface area contributed by atoms with Gasteiger partial charge in [0.05, 0.1) is 12.2 Å². The molecule has 0 radical (unpaired) electrons. The van der Waals surface area contributed by atoms with Crippen LogP contribution in [-0.4, -0.2) is 19.1 Å². The van der Waals surface area contributed by atoms with Gasteiger partial charge in [-0.3, -0.25) is 0 Å². The van der Waals surface area contributed by atoms with Gasteiger partial charge in [-0.1, -0.05) is 11.3 Å². The van der Waals surface area contributed by atoms with E-state index in [-0.39, 0.29) is 0 Å². The Kier molecular flexibility index (Phi) is 3.81. The van der Waals surface area contributed by atoms with Crippen molar-refractivity contribution in [3.05, 3.63) is 34.2 Å². The predicted octanol–water partition coefficient (Wildman–Crippen LogP) is 3.28. The predicted molar refractivity (Wildman–Crippen MR) is 82.4 cm³/mol. The van der Waals surface area contributed by atoms with E-state index in [1.54, 1.807) is 0 Å². The lowest BCUT2D eigenvalue weighted by molar-refractivity contribution is 0.481. The minimum atomic E-state index is 0.476. The average molecular weight is 291 g/mol. The van der Waals surface area contributed by atoms with Crippen LogP contribution in [0.3, 0.4) is 0 Å². The Hall–Kier alpha value is -1.33. The third kappa shape index (κ3) is 2.60. The molecule has 4 nitrogen and oxygen atoms in total. The molecule has 2 aromatic rings. The zero-order valence-corrected chi connectivity index (χ0v) is 13.1. The van der Waals surface area contributed by atoms with Gasteiger partial charge in [0.2, 0.25) is 0 Å². The Morgan fingerprint density at radius 3 is 3.05 bits per heavy atom. The molecule has 1 unspecified atom stereocenters. The van der Waals surface area contributed by atoms with E-state index in [2.05, 4.69) is 17.3 Å². The van der Waals surface area contributed by atoms with E-state index in [0.717, 1.165) is 29.6 Å². The zero-order chi connectivity index (χ0) is 14.1. The maximum atomic E-state index is 5.64. The van der Waals surface area contributed by atoms with Crippen molar-refractivity contribution < 1.29 is 4.42 Å². The Morgan fingerprint density at radius 1 is 1.50 bits per heavy atom. The van der Waals surface area contributed by atoms with E-state index >= 15 is 0 Å². The number of nitrogens with zero attached hydrogens (tertiary/aromatic N) is 2. The highest BCUT2D eigenvalue weighted by atomic mass is 32.1. The van der Waals surface area contributed by atoms with Crippen molar-refractivity contribution in [1.29, 1.82) is 0 Å². The van der Waals surface area contributed by atoms with Gasteiger partial charge in [-0.25, -0.2) is 4.98 Å². The fraction of sp³-hybridized carbons (Fsp3) is 0.533. The van der Waals surface area contributed by atoms with Gasteiger partial charge in [-0.15, -0.1) is 0 Å². The Balaban J connectivity index is 1.78. The second-order valence-electron chi connectivity index (χ2n) is 5.41. The minimum absolute atomic E-state index is 0.476. The van der Waals surface area contributed by atoms with E-state index in [4.69, 9.17) is 9.40 Å². The first-order valence-corrected chi connectivity index (χ1v) is 7.92. The SMILES string of the molecule is CNC1CCCc2nc(N(C)Cc3ccc(C)o3)sc21. The number of furan rings is 1. The number of anilines is 1. The van der Waals surface area contributed by atoms with Crippen molar-refractivity contribution in [3.8, 4) is 0 Å². The molecule has 1 aliphatic rings. The summed E-state index contributed by atoms with van der Waals surface area (Å²) in [5.74, 6) is 1.95. The zero-order valence-electron chi connectivity index (χ0n) is 12.3. The lowest BCUT2D eigenvalue weighted by atomic mass is 9.98. The highest BCUT2D eigenvalue weighted by Gasteiger charge is 2.24. The third-order valence-electron chi connectivity index (χ3n) is 3.80. The molecule has 1 N–H and O–H groups in total. The molecule has 0 saturated heterocycles. The molecule has 0 aromatic carbocycles. The van der Waals surface area contributed by atoms with Gasteiger partial charge in [0.25, 0.3) is 0 Å². The van der Waals surface area contributed by atoms with E-state index in [1.807, 2.05) is 37.4 Å². The summed E-state index contributed by atoms with van der Waals surface area (Å²) in [4.78, 5) is 8.40. The number of aromatic nitrogens is 1. The maximum Gasteiger partial charge on any atom is 0.185 e. The van der Waals surface area contributed by atoms with Crippen LogP contribution in [0.1, 0.15) is 41.0 Å². The Bertz CT molecular complexity index is 590. The maximum absolute atomic E-state index is 5.64. The second-order valence-corrected chi connectivity index (χ2v) is 6.42. The lowest BCUT2D eigenvalue weighted by Gasteiger charge is -2.19. The number of hydrogen-bond donors (Lipinski definition) is 1. The van der Waals surface area contributed by atoms with Crippen LogP contribution in [0.4, 0.5) is 5.13 Å². The van der Waals surface area contributed by atoms with Crippen LogP contribution >= 0.6 is 11.3 Å². The Morgan fingerprint density at radius 2 is 2.35 bits per heavy atom. The topological polar surface area (TPSA) is 41.3 Å². The fourth-order valence-electron chi connectivity index (χ4n) is 2.72. The molecule has 5 heteroatoms. The summed E-state index contributed by atoms with van der Waals surface area (Å²) < 4.78 is 5.64. The van der Waals surface area contributed by atoms with Crippen LogP contribution < -0.4 is 10.2 Å². The van der Waals surface area contributed by atoms with E-state index in [1.165, 1.54) is 23.4 Å². The molecule has 2 aromatic heterocycles. The highest BCUT2D eigenvalue weighted by molar-refractivity contribution is 7.15. The molecule has 2 heterocycles. The monoisotopic (exact) mass is 291 g/mol. The third-order valence-corrected chi connectivity index (χ3v) is 5.13. The van der Waals surface area contributed by atoms with Crippen LogP contribution in [0.25, 0.3) is 0 Å². The second kappa shape index (κ2) is 5.58. The number of hydrogen-bond acceptors (Lipinski definition) is 5. The number of thiazole rings is 1. The van der Waals surface area contributed by atoms with Gasteiger partial charge in [0.1, 0.15) is 11.5 Å². The first-order valence-electron chi connectivity index (χ1n) is 7.10. The largest absolute Gasteiger partial charge is 0.464 e. The minimum Gasteiger partial charge on any atom is -0.464 e. The summed E-state index contributed by atoms with van der Waals surface area (Å²) in [6.07, 6.45) is 3.55. The normalized spacial score (nSPS) is 18.1. The van der Waals surface area contributed by atoms with Crippen LogP contribution in [-0.2, 0) is 13.0 Å². The van der Waals surface area contributed by atoms with Crippen molar-refractivity contribution in [2.24, 2.45) is 0 Å². The summed E-state index contributed by atoms with van der Waals surface area (Å²) in [7, 11) is 4.12. The molecular weight excluding hydrogens is 270 g/mol. The summed E-state index contributed by atoms with van der Waals surface area (Å²) in [6, 6.07) is 4.52. The number of aryl methyl sites for hydroxylation is 2. The van der Waals surface area contributed by atoms with Gasteiger partial charge in [0.15, 0.2) is 5.13 Å². The molecule has 1 aliphatic carbocycles. The summed E-state index contributed by atoms with van der Waals surface area (Å²) in [6.45, 7) is 2.74. The molecule has 0 amide bonds. The van der Waals surface area contributed by atoms with Crippen molar-refractivity contribution >= 4 is 16.5 Å². The van der Waals surface area contributed by atoms with Crippen molar-refractivity contribution in [3.63, 3.8) is 0 Å². The van der Waals surface area contributed by atoms with Crippen molar-refractivity contribution in [1.82, 2.24) is 10.3 Å². The summed E-state index contributed by atoms with van der Waals surface area (Å²) in [5, 5.41) is 4.49. The van der Waals surface area contributed by atoms with Gasteiger partial charge in [-0.05, 0) is 45.4 Å². The molecule has 1 atom stereocenters. The van der Waals surface area contributed by atoms with E-state index in [0.29, 0.717) is 6.04 Å². The molecule has 3 rings (SSSR count). The summed E-state index contributed by atoms with van der Waals surface area (Å²) in [5.41, 5.74) is 1.28. The molecular formula is C15H21N3OS. The van der Waals surface area contributed by atoms with E-state index in [9.17, 15) is 0 Å². The van der Waals surface area contributed by atoms with Gasteiger partial charge < -0.3 is 14.6 Å². The fourth-order valence-corrected chi connectivity index (χ4v) is 3.93. The molecule has 20 heavy (non-hydrogen) atoms. The molecule has 0 saturated carbocycles. The average Bonchev–Trinajstić information content (AvgIpc) is 3.04. The Labute approximate surface area is 123 Å². The van der Waals surface area contributed by atoms with Crippen molar-refractivity contribution in [2.75, 3.05) is 19.0 Å². The summed E-state index contributed by atoms with van der Waals surface area (Å²) >= 11 is 1.81. The first-order chi connectivity index (χ1) is 9.67. The van der Waals surface area contributed by atoms with Crippen molar-refractivity contribution in [2.45, 2.75) is 38.8 Å². The van der Waals surface area contributed by atoms with Crippen LogP contribution in [0.15, 0.2) is 16.5 Å². The first kappa shape index (κ1) is 13.6. The van der Waals surface area contributed by atoms with E-state index < -0.39 is 0 Å². The highest BCUT2D eigenvalue weighted by Crippen LogP contribution is 2.37. The van der Waals surface area contributed by atoms with Gasteiger partial charge in [-0.2, -0.15) is 0 Å². The van der Waals surface area contributed by atoms with Gasteiger partial charge >= 0.3 is 0 Å². The number of nitrogens with one attached hydrogen (secondary N) is 1. The van der Waals surface area contributed by atoms with Crippen LogP contribution in [0, 0.1) is 6.92 Å². The molecule has 108 valence electrons. The molecule has 0 spiro atoms.